The minimum absolute atomic E-state index is 0.0758. The van der Waals surface area contributed by atoms with E-state index in [-0.39, 0.29) is 35.5 Å². The molecule has 2 aliphatic heterocycles. The molecule has 0 spiro atoms. The molecule has 13 heteroatoms. The van der Waals surface area contributed by atoms with E-state index in [0.29, 0.717) is 48.8 Å². The summed E-state index contributed by atoms with van der Waals surface area (Å²) in [6.45, 7) is 2.35. The Bertz CT molecular complexity index is 1860. The number of aromatic hydroxyl groups is 1. The van der Waals surface area contributed by atoms with Gasteiger partial charge in [-0.25, -0.2) is 0 Å². The third kappa shape index (κ3) is 6.95. The number of phenols is 1. The maximum absolute atomic E-state index is 13.2. The van der Waals surface area contributed by atoms with Gasteiger partial charge >= 0.3 is 0 Å². The van der Waals surface area contributed by atoms with Crippen molar-refractivity contribution in [3.63, 3.8) is 0 Å². The standard InChI is InChI=1S/C35H35N7O6/c36-32-29(19-26(40-41-32)23-5-1-2-8-28(23)43)48-18-15-21-9-11-22(12-10-21)20-37-16-4-17-38-25-7-3-6-24-31(25)35(47)42(34(24)46)27-13-14-30(44)39-33(27)45/h1-3,5-12,19,27,37-38,43H,4,13-18,20H2,(H2,36,41)(H,39,44,45). The summed E-state index contributed by atoms with van der Waals surface area (Å²) in [6, 6.07) is 20.8. The maximum Gasteiger partial charge on any atom is 0.264 e. The Morgan fingerprint density at radius 2 is 1.69 bits per heavy atom. The Hall–Kier alpha value is -5.82. The van der Waals surface area contributed by atoms with Gasteiger partial charge < -0.3 is 26.2 Å². The molecule has 48 heavy (non-hydrogen) atoms. The Morgan fingerprint density at radius 3 is 2.48 bits per heavy atom. The number of hydrogen-bond acceptors (Lipinski definition) is 11. The van der Waals surface area contributed by atoms with Gasteiger partial charge in [0, 0.05) is 43.2 Å². The lowest BCUT2D eigenvalue weighted by molar-refractivity contribution is -0.136. The van der Waals surface area contributed by atoms with Gasteiger partial charge in [-0.05, 0) is 54.8 Å². The summed E-state index contributed by atoms with van der Waals surface area (Å²) in [5, 5.41) is 27.1. The maximum atomic E-state index is 13.2. The van der Waals surface area contributed by atoms with E-state index >= 15 is 0 Å². The van der Waals surface area contributed by atoms with Gasteiger partial charge in [0.1, 0.15) is 17.5 Å². The van der Waals surface area contributed by atoms with Crippen LogP contribution in [0.3, 0.4) is 0 Å². The predicted octanol–water partition coefficient (Wildman–Crippen LogP) is 3.05. The number of aromatic nitrogens is 2. The molecule has 1 unspecified atom stereocenters. The van der Waals surface area contributed by atoms with Gasteiger partial charge in [0.2, 0.25) is 11.8 Å². The van der Waals surface area contributed by atoms with Crippen LogP contribution >= 0.6 is 0 Å². The molecular formula is C35H35N7O6. The number of nitrogen functional groups attached to an aromatic ring is 1. The summed E-state index contributed by atoms with van der Waals surface area (Å²) in [6.07, 6.45) is 1.61. The van der Waals surface area contributed by atoms with Gasteiger partial charge in [0.05, 0.1) is 17.7 Å². The second-order valence-electron chi connectivity index (χ2n) is 11.5. The second kappa shape index (κ2) is 14.3. The Balaban J connectivity index is 0.930. The van der Waals surface area contributed by atoms with Crippen LogP contribution < -0.4 is 26.4 Å². The van der Waals surface area contributed by atoms with Gasteiger partial charge in [0.15, 0.2) is 11.6 Å². The van der Waals surface area contributed by atoms with Crippen LogP contribution in [0.25, 0.3) is 11.3 Å². The fourth-order valence-corrected chi connectivity index (χ4v) is 5.76. The number of imide groups is 2. The van der Waals surface area contributed by atoms with Crippen LogP contribution in [0.15, 0.2) is 72.8 Å². The number of carbonyl (C=O) groups excluding carboxylic acids is 4. The summed E-state index contributed by atoms with van der Waals surface area (Å²) >= 11 is 0. The van der Waals surface area contributed by atoms with Crippen molar-refractivity contribution in [2.24, 2.45) is 0 Å². The van der Waals surface area contributed by atoms with Crippen molar-refractivity contribution < 1.29 is 29.0 Å². The summed E-state index contributed by atoms with van der Waals surface area (Å²) in [4.78, 5) is 51.1. The van der Waals surface area contributed by atoms with Crippen molar-refractivity contribution in [2.45, 2.75) is 38.3 Å². The van der Waals surface area contributed by atoms with Crippen molar-refractivity contribution in [3.8, 4) is 22.8 Å². The first kappa shape index (κ1) is 32.1. The lowest BCUT2D eigenvalue weighted by atomic mass is 10.0. The monoisotopic (exact) mass is 649 g/mol. The molecular weight excluding hydrogens is 614 g/mol. The van der Waals surface area contributed by atoms with E-state index in [1.165, 1.54) is 0 Å². The molecule has 0 saturated carbocycles. The topological polar surface area (TPSA) is 189 Å². The molecule has 2 aliphatic rings. The first-order chi connectivity index (χ1) is 23.3. The fraction of sp³-hybridized carbons (Fsp3) is 0.257. The number of anilines is 2. The number of nitrogens with zero attached hydrogens (tertiary/aromatic N) is 3. The molecule has 1 saturated heterocycles. The number of benzene rings is 3. The van der Waals surface area contributed by atoms with Crippen molar-refractivity contribution >= 4 is 35.1 Å². The summed E-state index contributed by atoms with van der Waals surface area (Å²) < 4.78 is 5.89. The summed E-state index contributed by atoms with van der Waals surface area (Å²) in [7, 11) is 0. The summed E-state index contributed by atoms with van der Waals surface area (Å²) in [5.41, 5.74) is 10.2. The van der Waals surface area contributed by atoms with E-state index in [1.54, 1.807) is 48.5 Å². The minimum Gasteiger partial charge on any atom is -0.507 e. The summed E-state index contributed by atoms with van der Waals surface area (Å²) in [5.74, 6) is -1.41. The minimum atomic E-state index is -0.996. The Labute approximate surface area is 276 Å². The zero-order chi connectivity index (χ0) is 33.6. The molecule has 3 heterocycles. The van der Waals surface area contributed by atoms with E-state index in [2.05, 4.69) is 50.4 Å². The first-order valence-electron chi connectivity index (χ1n) is 15.7. The Morgan fingerprint density at radius 1 is 0.917 bits per heavy atom. The molecule has 1 aromatic heterocycles. The number of fused-ring (bicyclic) bond motifs is 1. The van der Waals surface area contributed by atoms with Crippen molar-refractivity contribution in [1.29, 1.82) is 0 Å². The van der Waals surface area contributed by atoms with Crippen LogP contribution in [0.1, 0.15) is 51.1 Å². The number of nitrogens with two attached hydrogens (primary N) is 1. The van der Waals surface area contributed by atoms with Crippen LogP contribution in [-0.2, 0) is 22.6 Å². The highest BCUT2D eigenvalue weighted by molar-refractivity contribution is 6.25. The number of piperidine rings is 1. The fourth-order valence-electron chi connectivity index (χ4n) is 5.76. The SMILES string of the molecule is Nc1nnc(-c2ccccc2O)cc1OCCc1ccc(CNCCCNc2cccc3c2C(=O)N(C2CCC(=O)NC2=O)C3=O)cc1. The van der Waals surface area contributed by atoms with E-state index in [1.807, 2.05) is 0 Å². The second-order valence-corrected chi connectivity index (χ2v) is 11.5. The third-order valence-electron chi connectivity index (χ3n) is 8.28. The highest BCUT2D eigenvalue weighted by atomic mass is 16.5. The van der Waals surface area contributed by atoms with Crippen LogP contribution in [0.2, 0.25) is 0 Å². The van der Waals surface area contributed by atoms with Crippen LogP contribution in [-0.4, -0.2) is 69.6 Å². The van der Waals surface area contributed by atoms with Gasteiger partial charge in [-0.2, -0.15) is 0 Å². The first-order valence-corrected chi connectivity index (χ1v) is 15.7. The number of rotatable bonds is 13. The number of para-hydroxylation sites is 1. The molecule has 1 atom stereocenters. The van der Waals surface area contributed by atoms with E-state index in [4.69, 9.17) is 10.5 Å². The zero-order valence-corrected chi connectivity index (χ0v) is 26.1. The number of amides is 4. The molecule has 0 radical (unpaired) electrons. The molecule has 0 bridgehead atoms. The average Bonchev–Trinajstić information content (AvgIpc) is 3.34. The number of phenolic OH excluding ortho intramolecular Hbond substituents is 1. The molecule has 4 amide bonds. The molecule has 3 aromatic carbocycles. The van der Waals surface area contributed by atoms with Crippen LogP contribution in [0, 0.1) is 0 Å². The van der Waals surface area contributed by atoms with Gasteiger partial charge in [-0.15, -0.1) is 10.2 Å². The Kier molecular flexibility index (Phi) is 9.57. The lowest BCUT2D eigenvalue weighted by Gasteiger charge is -2.27. The van der Waals surface area contributed by atoms with Crippen LogP contribution in [0.4, 0.5) is 11.5 Å². The molecule has 13 nitrogen and oxygen atoms in total. The van der Waals surface area contributed by atoms with Gasteiger partial charge in [-0.1, -0.05) is 42.5 Å². The van der Waals surface area contributed by atoms with Crippen LogP contribution in [0.5, 0.6) is 11.5 Å². The highest BCUT2D eigenvalue weighted by Crippen LogP contribution is 2.33. The number of nitrogens with one attached hydrogen (secondary N) is 3. The van der Waals surface area contributed by atoms with Gasteiger partial charge in [-0.3, -0.25) is 29.4 Å². The predicted molar refractivity (Wildman–Crippen MR) is 177 cm³/mol. The molecule has 0 aliphatic carbocycles. The highest BCUT2D eigenvalue weighted by Gasteiger charge is 2.45. The van der Waals surface area contributed by atoms with Gasteiger partial charge in [0.25, 0.3) is 11.8 Å². The molecule has 1 fully saturated rings. The third-order valence-corrected chi connectivity index (χ3v) is 8.28. The molecule has 246 valence electrons. The largest absolute Gasteiger partial charge is 0.507 e. The molecule has 6 rings (SSSR count). The van der Waals surface area contributed by atoms with E-state index in [9.17, 15) is 24.3 Å². The number of carbonyl (C=O) groups is 4. The smallest absolute Gasteiger partial charge is 0.264 e. The van der Waals surface area contributed by atoms with Crippen molar-refractivity contribution in [2.75, 3.05) is 30.7 Å². The zero-order valence-electron chi connectivity index (χ0n) is 26.1. The van der Waals surface area contributed by atoms with E-state index < -0.39 is 29.7 Å². The number of hydrogen-bond donors (Lipinski definition) is 5. The molecule has 4 aromatic rings. The van der Waals surface area contributed by atoms with Crippen molar-refractivity contribution in [3.05, 3.63) is 95.1 Å². The van der Waals surface area contributed by atoms with E-state index in [0.717, 1.165) is 29.0 Å². The normalized spacial score (nSPS) is 15.8. The number of ether oxygens (including phenoxy) is 1. The van der Waals surface area contributed by atoms with Crippen molar-refractivity contribution in [1.82, 2.24) is 25.7 Å². The molecule has 6 N–H and O–H groups in total. The lowest BCUT2D eigenvalue weighted by Crippen LogP contribution is -2.54. The quantitative estimate of drug-likeness (QED) is 0.106. The average molecular weight is 650 g/mol.